The number of esters is 1. The Morgan fingerprint density at radius 2 is 2.06 bits per heavy atom. The normalized spacial score (nSPS) is 20.2. The summed E-state index contributed by atoms with van der Waals surface area (Å²) in [7, 11) is 0. The first kappa shape index (κ1) is 27.5. The Morgan fingerprint density at radius 3 is 2.62 bits per heavy atom. The van der Waals surface area contributed by atoms with Gasteiger partial charge < -0.3 is 15.2 Å². The highest BCUT2D eigenvalue weighted by molar-refractivity contribution is 5.81. The summed E-state index contributed by atoms with van der Waals surface area (Å²) in [6.07, 6.45) is 12.0. The molecular weight excluding hydrogens is 411 g/mol. The Labute approximate surface area is 191 Å². The third kappa shape index (κ3) is 9.75. The van der Waals surface area contributed by atoms with Gasteiger partial charge in [0.2, 0.25) is 5.91 Å². The second-order valence-electron chi connectivity index (χ2n) is 8.90. The summed E-state index contributed by atoms with van der Waals surface area (Å²) >= 11 is 0. The van der Waals surface area contributed by atoms with E-state index in [0.29, 0.717) is 11.9 Å². The van der Waals surface area contributed by atoms with Gasteiger partial charge in [0.1, 0.15) is 17.9 Å². The Bertz CT molecular complexity index is 790. The van der Waals surface area contributed by atoms with E-state index in [1.54, 1.807) is 45.9 Å². The van der Waals surface area contributed by atoms with Crippen molar-refractivity contribution >= 4 is 11.9 Å². The van der Waals surface area contributed by atoms with Gasteiger partial charge in [-0.15, -0.1) is 0 Å². The number of hydrogen-bond acceptors (Lipinski definition) is 5. The van der Waals surface area contributed by atoms with Crippen molar-refractivity contribution in [2.45, 2.75) is 78.3 Å². The van der Waals surface area contributed by atoms with Gasteiger partial charge in [-0.2, -0.15) is 0 Å². The third-order valence-corrected chi connectivity index (χ3v) is 4.80. The summed E-state index contributed by atoms with van der Waals surface area (Å²) in [6.45, 7) is 10.8. The Balaban J connectivity index is 2.91. The van der Waals surface area contributed by atoms with E-state index >= 15 is 0 Å². The summed E-state index contributed by atoms with van der Waals surface area (Å²) in [5, 5.41) is 16.3. The summed E-state index contributed by atoms with van der Waals surface area (Å²) in [5.74, 6) is -0.781. The molecule has 0 aromatic carbocycles. The molecule has 4 atom stereocenters. The number of ether oxygens (including phenoxy) is 1. The van der Waals surface area contributed by atoms with Crippen LogP contribution in [0.3, 0.4) is 0 Å². The fourth-order valence-corrected chi connectivity index (χ4v) is 3.16. The predicted molar refractivity (Wildman–Crippen MR) is 125 cm³/mol. The molecule has 0 heterocycles. The van der Waals surface area contributed by atoms with Crippen LogP contribution in [-0.2, 0) is 14.3 Å². The molecule has 0 aromatic heterocycles. The number of allylic oxidation sites excluding steroid dienone is 7. The van der Waals surface area contributed by atoms with E-state index in [-0.39, 0.29) is 18.2 Å². The highest BCUT2D eigenvalue weighted by Crippen LogP contribution is 2.25. The monoisotopic (exact) mass is 448 g/mol. The zero-order valence-electron chi connectivity index (χ0n) is 19.9. The molecule has 0 fully saturated rings. The van der Waals surface area contributed by atoms with Gasteiger partial charge >= 0.3 is 5.97 Å². The van der Waals surface area contributed by atoms with Crippen molar-refractivity contribution < 1.29 is 23.8 Å². The van der Waals surface area contributed by atoms with Crippen LogP contribution in [0.1, 0.15) is 54.4 Å². The predicted octanol–water partition coefficient (Wildman–Crippen LogP) is 4.01. The molecule has 178 valence electrons. The number of halogens is 1. The second-order valence-corrected chi connectivity index (χ2v) is 8.90. The van der Waals surface area contributed by atoms with Gasteiger partial charge in [0, 0.05) is 0 Å². The van der Waals surface area contributed by atoms with Crippen molar-refractivity contribution in [2.75, 3.05) is 0 Å². The molecule has 0 saturated heterocycles. The standard InChI is InChI=1S/C25H37FN2O4/c1-7-8-12-19(14-15-26)16-21(29)27-18(3)23(30)28-22(24(31)32-25(4,5)6)20-13-10-9-11-17(20)2/h7-10,12-15,17-18,22-23,28,30H,11,16H2,1-6H3,(H,27,29)/b8-7-,15-14+,19-12+/t17-,18-,22?,23?/m0/s1. The lowest BCUT2D eigenvalue weighted by molar-refractivity contribution is -0.157. The lowest BCUT2D eigenvalue weighted by Gasteiger charge is -2.32. The minimum Gasteiger partial charge on any atom is -0.459 e. The molecule has 0 aliphatic heterocycles. The number of nitrogens with one attached hydrogen (secondary N) is 2. The molecular formula is C25H37FN2O4. The molecule has 0 radical (unpaired) electrons. The molecule has 0 spiro atoms. The van der Waals surface area contributed by atoms with E-state index in [0.717, 1.165) is 12.0 Å². The fourth-order valence-electron chi connectivity index (χ4n) is 3.16. The van der Waals surface area contributed by atoms with Crippen molar-refractivity contribution in [3.05, 3.63) is 60.0 Å². The highest BCUT2D eigenvalue weighted by atomic mass is 19.1. The Morgan fingerprint density at radius 1 is 1.38 bits per heavy atom. The first-order valence-corrected chi connectivity index (χ1v) is 10.9. The number of carbonyl (C=O) groups excluding carboxylic acids is 2. The van der Waals surface area contributed by atoms with Crippen LogP contribution in [0.2, 0.25) is 0 Å². The molecule has 0 aromatic rings. The molecule has 32 heavy (non-hydrogen) atoms. The van der Waals surface area contributed by atoms with E-state index in [4.69, 9.17) is 4.74 Å². The van der Waals surface area contributed by atoms with Gasteiger partial charge in [-0.05, 0) is 64.2 Å². The zero-order valence-corrected chi connectivity index (χ0v) is 19.9. The number of rotatable bonds is 10. The number of aliphatic hydroxyl groups excluding tert-OH is 1. The third-order valence-electron chi connectivity index (χ3n) is 4.80. The zero-order chi connectivity index (χ0) is 24.3. The van der Waals surface area contributed by atoms with Crippen molar-refractivity contribution in [2.24, 2.45) is 5.92 Å². The molecule has 1 amide bonds. The minimum absolute atomic E-state index is 0.0513. The van der Waals surface area contributed by atoms with E-state index < -0.39 is 29.9 Å². The smallest absolute Gasteiger partial charge is 0.328 e. The summed E-state index contributed by atoms with van der Waals surface area (Å²) in [4.78, 5) is 25.3. The van der Waals surface area contributed by atoms with Crippen LogP contribution in [0.4, 0.5) is 4.39 Å². The van der Waals surface area contributed by atoms with Gasteiger partial charge in [0.25, 0.3) is 0 Å². The van der Waals surface area contributed by atoms with E-state index in [9.17, 15) is 19.1 Å². The maximum absolute atomic E-state index is 12.9. The number of amides is 1. The van der Waals surface area contributed by atoms with Crippen LogP contribution < -0.4 is 10.6 Å². The number of hydrogen-bond donors (Lipinski definition) is 3. The molecule has 6 nitrogen and oxygen atoms in total. The van der Waals surface area contributed by atoms with Crippen LogP contribution in [-0.4, -0.2) is 40.9 Å². The van der Waals surface area contributed by atoms with Gasteiger partial charge in [0.05, 0.1) is 18.8 Å². The molecule has 2 unspecified atom stereocenters. The Kier molecular flexibility index (Phi) is 11.3. The highest BCUT2D eigenvalue weighted by Gasteiger charge is 2.33. The van der Waals surface area contributed by atoms with Crippen LogP contribution in [0, 0.1) is 5.92 Å². The number of carbonyl (C=O) groups is 2. The lowest BCUT2D eigenvalue weighted by Crippen LogP contribution is -2.55. The summed E-state index contributed by atoms with van der Waals surface area (Å²) < 4.78 is 18.1. The van der Waals surface area contributed by atoms with Gasteiger partial charge in [-0.3, -0.25) is 10.1 Å². The molecule has 1 aliphatic rings. The quantitative estimate of drug-likeness (QED) is 0.267. The minimum atomic E-state index is -1.21. The summed E-state index contributed by atoms with van der Waals surface area (Å²) in [5.41, 5.74) is 0.608. The van der Waals surface area contributed by atoms with Crippen molar-refractivity contribution in [3.8, 4) is 0 Å². The van der Waals surface area contributed by atoms with Crippen molar-refractivity contribution in [3.63, 3.8) is 0 Å². The van der Waals surface area contributed by atoms with Crippen LogP contribution >= 0.6 is 0 Å². The average Bonchev–Trinajstić information content (AvgIpc) is 2.69. The summed E-state index contributed by atoms with van der Waals surface area (Å²) in [6, 6.07) is -1.57. The molecule has 0 bridgehead atoms. The van der Waals surface area contributed by atoms with Gasteiger partial charge in [-0.1, -0.05) is 43.4 Å². The van der Waals surface area contributed by atoms with E-state index in [1.165, 1.54) is 6.08 Å². The van der Waals surface area contributed by atoms with E-state index in [1.807, 2.05) is 32.1 Å². The topological polar surface area (TPSA) is 87.7 Å². The first-order valence-electron chi connectivity index (χ1n) is 10.9. The lowest BCUT2D eigenvalue weighted by atomic mass is 9.87. The number of aliphatic hydroxyl groups is 1. The van der Waals surface area contributed by atoms with E-state index in [2.05, 4.69) is 10.6 Å². The Hall–Kier alpha value is -2.51. The molecule has 7 heteroatoms. The van der Waals surface area contributed by atoms with Crippen molar-refractivity contribution in [1.82, 2.24) is 10.6 Å². The molecule has 3 N–H and O–H groups in total. The van der Waals surface area contributed by atoms with Crippen molar-refractivity contribution in [1.29, 1.82) is 0 Å². The second kappa shape index (κ2) is 13.1. The average molecular weight is 449 g/mol. The first-order chi connectivity index (χ1) is 15.0. The maximum atomic E-state index is 12.9. The molecule has 1 rings (SSSR count). The van der Waals surface area contributed by atoms with Gasteiger partial charge in [0.15, 0.2) is 0 Å². The van der Waals surface area contributed by atoms with Crippen LogP contribution in [0.5, 0.6) is 0 Å². The maximum Gasteiger partial charge on any atom is 0.328 e. The van der Waals surface area contributed by atoms with Gasteiger partial charge in [-0.25, -0.2) is 9.18 Å². The SMILES string of the molecule is C\C=C/C=C(\C=C\F)CC(=O)N[C@@H](C)C(O)NC(C(=O)OC(C)(C)C)C1=CC=CC[C@@H]1C. The fraction of sp³-hybridized carbons (Fsp3) is 0.520. The molecule has 1 aliphatic carbocycles. The van der Waals surface area contributed by atoms with Crippen LogP contribution in [0.25, 0.3) is 0 Å². The largest absolute Gasteiger partial charge is 0.459 e. The molecule has 0 saturated carbocycles. The van der Waals surface area contributed by atoms with Crippen LogP contribution in [0.15, 0.2) is 60.0 Å².